The quantitative estimate of drug-likeness (QED) is 0.388. The summed E-state index contributed by atoms with van der Waals surface area (Å²) < 4.78 is 65.1. The average Bonchev–Trinajstić information content (AvgIpc) is 2.79. The van der Waals surface area contributed by atoms with E-state index in [9.17, 15) is 27.2 Å². The van der Waals surface area contributed by atoms with Gasteiger partial charge in [-0.25, -0.2) is 4.39 Å². The van der Waals surface area contributed by atoms with Crippen molar-refractivity contribution in [3.05, 3.63) is 76.0 Å². The molecule has 0 unspecified atom stereocenters. The van der Waals surface area contributed by atoms with Gasteiger partial charge in [-0.15, -0.1) is 0 Å². The lowest BCUT2D eigenvalue weighted by Gasteiger charge is -2.15. The molecule has 0 fully saturated rings. The molecule has 3 aromatic rings. The van der Waals surface area contributed by atoms with Crippen LogP contribution in [0.25, 0.3) is 11.1 Å². The molecule has 1 amide bonds. The molecule has 0 aliphatic heterocycles. The zero-order chi connectivity index (χ0) is 25.6. The molecule has 0 atom stereocenters. The summed E-state index contributed by atoms with van der Waals surface area (Å²) in [6, 6.07) is 8.28. The Labute approximate surface area is 197 Å². The van der Waals surface area contributed by atoms with Crippen molar-refractivity contribution in [3.8, 4) is 22.6 Å². The van der Waals surface area contributed by atoms with Crippen LogP contribution >= 0.6 is 0 Å². The molecule has 0 aliphatic carbocycles. The lowest BCUT2D eigenvalue weighted by molar-refractivity contribution is -0.139. The Kier molecular flexibility index (Phi) is 8.13. The maximum Gasteiger partial charge on any atom is 0.420 e. The van der Waals surface area contributed by atoms with Crippen molar-refractivity contribution in [1.29, 1.82) is 0 Å². The fourth-order valence-corrected chi connectivity index (χ4v) is 3.30. The lowest BCUT2D eigenvalue weighted by atomic mass is 10.0. The van der Waals surface area contributed by atoms with E-state index in [0.29, 0.717) is 23.8 Å². The number of anilines is 1. The number of aliphatic hydroxyl groups excluding tert-OH is 1. The third-order valence-corrected chi connectivity index (χ3v) is 4.82. The normalized spacial score (nSPS) is 11.3. The van der Waals surface area contributed by atoms with Crippen LogP contribution in [-0.2, 0) is 17.4 Å². The summed E-state index contributed by atoms with van der Waals surface area (Å²) in [5.41, 5.74) is -0.778. The number of aliphatic hydroxyl groups is 1. The minimum Gasteiger partial charge on any atom is -0.493 e. The van der Waals surface area contributed by atoms with E-state index in [4.69, 9.17) is 14.6 Å². The second-order valence-electron chi connectivity index (χ2n) is 7.32. The minimum atomic E-state index is -4.75. The summed E-state index contributed by atoms with van der Waals surface area (Å²) in [5, 5.41) is 11.1. The van der Waals surface area contributed by atoms with E-state index in [2.05, 4.69) is 10.3 Å². The molecular weight excluding hydrogens is 472 g/mol. The van der Waals surface area contributed by atoms with Crippen molar-refractivity contribution >= 4 is 11.6 Å². The van der Waals surface area contributed by atoms with Crippen molar-refractivity contribution in [2.75, 3.05) is 25.1 Å². The first-order valence-corrected chi connectivity index (χ1v) is 10.5. The fraction of sp³-hybridized carbons (Fsp3) is 0.250. The van der Waals surface area contributed by atoms with Gasteiger partial charge in [-0.3, -0.25) is 9.59 Å². The molecule has 0 saturated carbocycles. The van der Waals surface area contributed by atoms with Gasteiger partial charge in [0.05, 0.1) is 25.2 Å². The minimum absolute atomic E-state index is 0.0209. The van der Waals surface area contributed by atoms with Crippen molar-refractivity contribution in [2.24, 2.45) is 0 Å². The van der Waals surface area contributed by atoms with Crippen LogP contribution in [0.15, 0.2) is 53.5 Å². The van der Waals surface area contributed by atoms with E-state index in [-0.39, 0.29) is 29.2 Å². The van der Waals surface area contributed by atoms with Gasteiger partial charge in [0.15, 0.2) is 0 Å². The van der Waals surface area contributed by atoms with Gasteiger partial charge in [0.25, 0.3) is 5.56 Å². The van der Waals surface area contributed by atoms with Crippen LogP contribution in [0.3, 0.4) is 0 Å². The molecule has 3 rings (SSSR count). The van der Waals surface area contributed by atoms with E-state index in [0.717, 1.165) is 6.07 Å². The molecule has 7 nitrogen and oxygen atoms in total. The summed E-state index contributed by atoms with van der Waals surface area (Å²) in [6.45, 7) is 1.24. The number of nitrogens with one attached hydrogen (secondary N) is 2. The van der Waals surface area contributed by atoms with Crippen LogP contribution in [0.2, 0.25) is 0 Å². The van der Waals surface area contributed by atoms with Gasteiger partial charge in [0, 0.05) is 23.5 Å². The van der Waals surface area contributed by atoms with Gasteiger partial charge in [0.1, 0.15) is 23.9 Å². The number of benzene rings is 2. The second kappa shape index (κ2) is 11.0. The van der Waals surface area contributed by atoms with Crippen molar-refractivity contribution in [2.45, 2.75) is 19.5 Å². The fourth-order valence-electron chi connectivity index (χ4n) is 3.30. The number of hydrogen-bond donors (Lipinski definition) is 3. The molecular formula is C24H22F4N2O5. The van der Waals surface area contributed by atoms with Gasteiger partial charge >= 0.3 is 6.18 Å². The number of aromatic nitrogens is 1. The Bertz CT molecular complexity index is 1260. The molecule has 35 heavy (non-hydrogen) atoms. The van der Waals surface area contributed by atoms with Crippen LogP contribution in [0, 0.1) is 5.82 Å². The predicted octanol–water partition coefficient (Wildman–Crippen LogP) is 4.15. The molecule has 0 saturated heterocycles. The number of hydrogen-bond acceptors (Lipinski definition) is 5. The van der Waals surface area contributed by atoms with Crippen molar-refractivity contribution in [3.63, 3.8) is 0 Å². The number of halogens is 4. The lowest BCUT2D eigenvalue weighted by Crippen LogP contribution is -2.17. The Morgan fingerprint density at radius 3 is 2.51 bits per heavy atom. The standard InChI is InChI=1S/C24H22F4N2O5/c1-2-34-21-12-22(32)29-13-17(21)14-3-4-15(19(25)9-14)10-23(33)30-16-5-6-20(35-8-7-31)18(11-16)24(26,27)28/h3-6,9,11-13,31H,2,7-8,10H2,1H3,(H,29,32)(H,30,33). The number of carbonyl (C=O) groups excluding carboxylic acids is 1. The first-order chi connectivity index (χ1) is 16.6. The van der Waals surface area contributed by atoms with E-state index in [1.165, 1.54) is 36.5 Å². The Hall–Kier alpha value is -3.86. The smallest absolute Gasteiger partial charge is 0.420 e. The Morgan fingerprint density at radius 1 is 1.09 bits per heavy atom. The summed E-state index contributed by atoms with van der Waals surface area (Å²) in [4.78, 5) is 26.4. The van der Waals surface area contributed by atoms with Gasteiger partial charge in [-0.1, -0.05) is 12.1 Å². The third-order valence-electron chi connectivity index (χ3n) is 4.82. The Morgan fingerprint density at radius 2 is 1.86 bits per heavy atom. The number of pyridine rings is 1. The first-order valence-electron chi connectivity index (χ1n) is 10.5. The molecule has 186 valence electrons. The van der Waals surface area contributed by atoms with Crippen LogP contribution in [-0.4, -0.2) is 35.8 Å². The molecule has 0 bridgehead atoms. The van der Waals surface area contributed by atoms with E-state index >= 15 is 0 Å². The van der Waals surface area contributed by atoms with Crippen molar-refractivity contribution in [1.82, 2.24) is 4.98 Å². The van der Waals surface area contributed by atoms with E-state index in [1.807, 2.05) is 0 Å². The number of carbonyl (C=O) groups is 1. The number of amides is 1. The molecule has 3 N–H and O–H groups in total. The molecule has 11 heteroatoms. The number of rotatable bonds is 9. The van der Waals surface area contributed by atoms with Crippen LogP contribution < -0.4 is 20.3 Å². The van der Waals surface area contributed by atoms with Crippen LogP contribution in [0.1, 0.15) is 18.1 Å². The predicted molar refractivity (Wildman–Crippen MR) is 120 cm³/mol. The summed E-state index contributed by atoms with van der Waals surface area (Å²) >= 11 is 0. The highest BCUT2D eigenvalue weighted by Gasteiger charge is 2.35. The highest BCUT2D eigenvalue weighted by Crippen LogP contribution is 2.38. The summed E-state index contributed by atoms with van der Waals surface area (Å²) in [6.07, 6.45) is -3.80. The number of H-pyrrole nitrogens is 1. The zero-order valence-electron chi connectivity index (χ0n) is 18.5. The largest absolute Gasteiger partial charge is 0.493 e. The van der Waals surface area contributed by atoms with Crippen LogP contribution in [0.5, 0.6) is 11.5 Å². The van der Waals surface area contributed by atoms with Gasteiger partial charge in [0.2, 0.25) is 5.91 Å². The number of alkyl halides is 3. The van der Waals surface area contributed by atoms with E-state index in [1.54, 1.807) is 6.92 Å². The highest BCUT2D eigenvalue weighted by atomic mass is 19.4. The first kappa shape index (κ1) is 25.8. The monoisotopic (exact) mass is 494 g/mol. The number of aromatic amines is 1. The van der Waals surface area contributed by atoms with Crippen molar-refractivity contribution < 1.29 is 36.9 Å². The molecule has 2 aromatic carbocycles. The summed E-state index contributed by atoms with van der Waals surface area (Å²) in [7, 11) is 0. The zero-order valence-corrected chi connectivity index (χ0v) is 18.5. The maximum atomic E-state index is 14.7. The maximum absolute atomic E-state index is 14.7. The molecule has 1 heterocycles. The molecule has 0 radical (unpaired) electrons. The molecule has 1 aromatic heterocycles. The highest BCUT2D eigenvalue weighted by molar-refractivity contribution is 5.92. The van der Waals surface area contributed by atoms with E-state index < -0.39 is 42.2 Å². The second-order valence-corrected chi connectivity index (χ2v) is 7.32. The number of ether oxygens (including phenoxy) is 2. The van der Waals surface area contributed by atoms with Gasteiger partial charge in [-0.2, -0.15) is 13.2 Å². The summed E-state index contributed by atoms with van der Waals surface area (Å²) in [5.74, 6) is -1.66. The van der Waals surface area contributed by atoms with Gasteiger partial charge in [-0.05, 0) is 42.3 Å². The Balaban J connectivity index is 1.77. The topological polar surface area (TPSA) is 101 Å². The SMILES string of the molecule is CCOc1cc(=O)[nH]cc1-c1ccc(CC(=O)Nc2ccc(OCCO)c(C(F)(F)F)c2)c(F)c1. The van der Waals surface area contributed by atoms with Crippen LogP contribution in [0.4, 0.5) is 23.2 Å². The average molecular weight is 494 g/mol. The molecule has 0 spiro atoms. The third kappa shape index (κ3) is 6.60. The van der Waals surface area contributed by atoms with Gasteiger partial charge < -0.3 is 24.9 Å². The molecule has 0 aliphatic rings.